The monoisotopic (exact) mass is 316 g/mol. The number of aliphatic hydroxyl groups excluding tert-OH is 2. The van der Waals surface area contributed by atoms with Gasteiger partial charge in [-0.15, -0.1) is 0 Å². The molecule has 22 heavy (non-hydrogen) atoms. The van der Waals surface area contributed by atoms with Gasteiger partial charge in [-0.1, -0.05) is 0 Å². The van der Waals surface area contributed by atoms with Crippen LogP contribution in [-0.2, 0) is 19.1 Å². The van der Waals surface area contributed by atoms with E-state index in [-0.39, 0.29) is 26.4 Å². The zero-order chi connectivity index (χ0) is 16.8. The first-order valence-corrected chi connectivity index (χ1v) is 7.19. The van der Waals surface area contributed by atoms with Gasteiger partial charge in [-0.25, -0.2) is 9.59 Å². The molecule has 0 unspecified atom stereocenters. The Kier molecular flexibility index (Phi) is 4.02. The summed E-state index contributed by atoms with van der Waals surface area (Å²) in [6, 6.07) is 0. The smallest absolute Gasteiger partial charge is 0.328 e. The molecule has 0 spiro atoms. The number of morpholine rings is 2. The van der Waals surface area contributed by atoms with Crippen molar-refractivity contribution in [3.63, 3.8) is 0 Å². The summed E-state index contributed by atoms with van der Waals surface area (Å²) in [6.45, 7) is 5.91. The Hall–Kier alpha value is -1.22. The second kappa shape index (κ2) is 5.16. The van der Waals surface area contributed by atoms with Crippen molar-refractivity contribution < 1.29 is 29.3 Å². The van der Waals surface area contributed by atoms with E-state index in [2.05, 4.69) is 10.6 Å². The summed E-state index contributed by atoms with van der Waals surface area (Å²) in [5.74, 6) is -1.24. The second-order valence-corrected chi connectivity index (χ2v) is 7.09. The number of carbonyl (C=O) groups is 2. The average Bonchev–Trinajstić information content (AvgIpc) is 2.48. The van der Waals surface area contributed by atoms with E-state index < -0.39 is 34.1 Å². The molecule has 0 bridgehead atoms. The molecule has 8 heteroatoms. The fourth-order valence-corrected chi connectivity index (χ4v) is 2.95. The molecule has 126 valence electrons. The van der Waals surface area contributed by atoms with Crippen LogP contribution in [0.1, 0.15) is 27.7 Å². The molecule has 2 rings (SSSR count). The van der Waals surface area contributed by atoms with Gasteiger partial charge in [0.2, 0.25) is 0 Å². The van der Waals surface area contributed by atoms with Gasteiger partial charge in [0.15, 0.2) is 0 Å². The zero-order valence-corrected chi connectivity index (χ0v) is 13.4. The van der Waals surface area contributed by atoms with Crippen LogP contribution in [0.25, 0.3) is 0 Å². The molecule has 2 saturated heterocycles. The van der Waals surface area contributed by atoms with Gasteiger partial charge in [0.1, 0.15) is 24.3 Å². The minimum Gasteiger partial charge on any atom is -0.462 e. The number of hydrogen-bond donors (Lipinski definition) is 4. The molecule has 0 aromatic carbocycles. The first-order valence-electron chi connectivity index (χ1n) is 7.19. The molecule has 0 aliphatic carbocycles. The third-order valence-corrected chi connectivity index (χ3v) is 4.66. The quantitative estimate of drug-likeness (QED) is 0.455. The minimum absolute atomic E-state index is 0.000316. The largest absolute Gasteiger partial charge is 0.462 e. The molecule has 0 radical (unpaired) electrons. The highest BCUT2D eigenvalue weighted by molar-refractivity contribution is 5.95. The third kappa shape index (κ3) is 2.40. The molecule has 2 fully saturated rings. The number of esters is 2. The van der Waals surface area contributed by atoms with Crippen molar-refractivity contribution in [2.45, 2.75) is 49.9 Å². The number of aliphatic hydroxyl groups is 2. The van der Waals surface area contributed by atoms with Crippen LogP contribution in [0.4, 0.5) is 0 Å². The van der Waals surface area contributed by atoms with E-state index >= 15 is 0 Å². The van der Waals surface area contributed by atoms with E-state index in [0.29, 0.717) is 0 Å². The molecule has 8 nitrogen and oxygen atoms in total. The molecule has 4 N–H and O–H groups in total. The molecular weight excluding hydrogens is 292 g/mol. The Balaban J connectivity index is 2.44. The number of hydrogen-bond acceptors (Lipinski definition) is 8. The standard InChI is InChI=1S/C14H24N2O6/c1-11(5-17)7-21-9(19)13(3,15-11)14(4)10(20)22-8-12(2,6-18)16-14/h15-18H,5-8H2,1-4H3/t11-,12+,13+,14-. The van der Waals surface area contributed by atoms with Crippen LogP contribution in [-0.4, -0.2) is 70.7 Å². The van der Waals surface area contributed by atoms with E-state index in [0.717, 1.165) is 0 Å². The average molecular weight is 316 g/mol. The summed E-state index contributed by atoms with van der Waals surface area (Å²) < 4.78 is 10.4. The fourth-order valence-electron chi connectivity index (χ4n) is 2.95. The molecule has 0 aromatic rings. The summed E-state index contributed by atoms with van der Waals surface area (Å²) in [7, 11) is 0. The van der Waals surface area contributed by atoms with Crippen LogP contribution in [0.3, 0.4) is 0 Å². The van der Waals surface area contributed by atoms with Crippen molar-refractivity contribution in [3.05, 3.63) is 0 Å². The van der Waals surface area contributed by atoms with Gasteiger partial charge < -0.3 is 19.7 Å². The molecule has 4 atom stereocenters. The van der Waals surface area contributed by atoms with Crippen molar-refractivity contribution in [2.75, 3.05) is 26.4 Å². The van der Waals surface area contributed by atoms with Crippen molar-refractivity contribution in [3.8, 4) is 0 Å². The summed E-state index contributed by atoms with van der Waals surface area (Å²) in [5.41, 5.74) is -4.67. The molecule has 2 aliphatic rings. The number of nitrogens with one attached hydrogen (secondary N) is 2. The molecular formula is C14H24N2O6. The van der Waals surface area contributed by atoms with E-state index in [1.807, 2.05) is 0 Å². The normalized spacial score (nSPS) is 46.1. The van der Waals surface area contributed by atoms with Gasteiger partial charge in [0.25, 0.3) is 0 Å². The lowest BCUT2D eigenvalue weighted by Gasteiger charge is -2.54. The van der Waals surface area contributed by atoms with Gasteiger partial charge in [-0.05, 0) is 27.7 Å². The molecule has 0 amide bonds. The second-order valence-electron chi connectivity index (χ2n) is 7.09. The maximum Gasteiger partial charge on any atom is 0.328 e. The van der Waals surface area contributed by atoms with Crippen LogP contribution in [0.15, 0.2) is 0 Å². The predicted octanol–water partition coefficient (Wildman–Crippen LogP) is -1.70. The first kappa shape index (κ1) is 17.1. The topological polar surface area (TPSA) is 117 Å². The fraction of sp³-hybridized carbons (Fsp3) is 0.857. The van der Waals surface area contributed by atoms with Gasteiger partial charge in [-0.3, -0.25) is 10.6 Å². The molecule has 0 aromatic heterocycles. The Morgan fingerprint density at radius 1 is 0.864 bits per heavy atom. The Labute approximate surface area is 129 Å². The number of rotatable bonds is 3. The Bertz CT molecular complexity index is 456. The molecule has 2 aliphatic heterocycles. The minimum atomic E-state index is -1.46. The maximum absolute atomic E-state index is 12.4. The van der Waals surface area contributed by atoms with Crippen LogP contribution >= 0.6 is 0 Å². The van der Waals surface area contributed by atoms with Crippen molar-refractivity contribution in [1.29, 1.82) is 0 Å². The van der Waals surface area contributed by atoms with E-state index in [1.54, 1.807) is 13.8 Å². The van der Waals surface area contributed by atoms with Crippen molar-refractivity contribution in [1.82, 2.24) is 10.6 Å². The van der Waals surface area contributed by atoms with Gasteiger partial charge in [-0.2, -0.15) is 0 Å². The van der Waals surface area contributed by atoms with Gasteiger partial charge in [0.05, 0.1) is 24.3 Å². The summed E-state index contributed by atoms with van der Waals surface area (Å²) in [5, 5.41) is 25.1. The van der Waals surface area contributed by atoms with Crippen LogP contribution in [0.5, 0.6) is 0 Å². The highest BCUT2D eigenvalue weighted by Crippen LogP contribution is 2.35. The summed E-state index contributed by atoms with van der Waals surface area (Å²) >= 11 is 0. The predicted molar refractivity (Wildman–Crippen MR) is 76.0 cm³/mol. The lowest BCUT2D eigenvalue weighted by atomic mass is 9.73. The summed E-state index contributed by atoms with van der Waals surface area (Å²) in [4.78, 5) is 24.8. The highest BCUT2D eigenvalue weighted by Gasteiger charge is 2.64. The van der Waals surface area contributed by atoms with Gasteiger partial charge >= 0.3 is 11.9 Å². The van der Waals surface area contributed by atoms with Crippen molar-refractivity contribution in [2.24, 2.45) is 0 Å². The number of ether oxygens (including phenoxy) is 2. The molecule has 2 heterocycles. The highest BCUT2D eigenvalue weighted by atomic mass is 16.6. The maximum atomic E-state index is 12.4. The van der Waals surface area contributed by atoms with Crippen LogP contribution < -0.4 is 10.6 Å². The first-order chi connectivity index (χ1) is 10.0. The van der Waals surface area contributed by atoms with Crippen molar-refractivity contribution >= 4 is 11.9 Å². The van der Waals surface area contributed by atoms with Gasteiger partial charge in [0, 0.05) is 0 Å². The SMILES string of the molecule is C[C@@]1(CO)COC(=O)[C@@](C)([C@]2(C)N[C@@](C)(CO)COC2=O)N1. The number of carbonyl (C=O) groups excluding carboxylic acids is 2. The number of cyclic esters (lactones) is 2. The Morgan fingerprint density at radius 2 is 1.18 bits per heavy atom. The van der Waals surface area contributed by atoms with Crippen LogP contribution in [0, 0.1) is 0 Å². The van der Waals surface area contributed by atoms with E-state index in [1.165, 1.54) is 13.8 Å². The van der Waals surface area contributed by atoms with E-state index in [9.17, 15) is 19.8 Å². The molecule has 0 saturated carbocycles. The Morgan fingerprint density at radius 3 is 1.45 bits per heavy atom. The zero-order valence-electron chi connectivity index (χ0n) is 13.4. The summed E-state index contributed by atoms with van der Waals surface area (Å²) in [6.07, 6.45) is 0. The lowest BCUT2D eigenvalue weighted by molar-refractivity contribution is -0.187. The third-order valence-electron chi connectivity index (χ3n) is 4.66. The van der Waals surface area contributed by atoms with Crippen LogP contribution in [0.2, 0.25) is 0 Å². The lowest BCUT2D eigenvalue weighted by Crippen LogP contribution is -2.84. The van der Waals surface area contributed by atoms with E-state index in [4.69, 9.17) is 9.47 Å².